The van der Waals surface area contributed by atoms with Gasteiger partial charge >= 0.3 is 0 Å². The second kappa shape index (κ2) is 5.19. The first kappa shape index (κ1) is 12.6. The van der Waals surface area contributed by atoms with Crippen LogP contribution < -0.4 is 5.32 Å². The van der Waals surface area contributed by atoms with E-state index in [0.717, 1.165) is 26.2 Å². The van der Waals surface area contributed by atoms with E-state index >= 15 is 0 Å². The number of hydrogen-bond acceptors (Lipinski definition) is 3. The average Bonchev–Trinajstić information content (AvgIpc) is 2.88. The van der Waals surface area contributed by atoms with Crippen LogP contribution in [0, 0.1) is 0 Å². The Balaban J connectivity index is 2.11. The maximum absolute atomic E-state index is 5.60. The van der Waals surface area contributed by atoms with Crippen LogP contribution in [0.1, 0.15) is 32.9 Å². The molecule has 0 aliphatic carbocycles. The summed E-state index contributed by atoms with van der Waals surface area (Å²) in [6.07, 6.45) is 5.35. The minimum atomic E-state index is 0.225. The van der Waals surface area contributed by atoms with Gasteiger partial charge < -0.3 is 14.6 Å². The van der Waals surface area contributed by atoms with E-state index in [1.165, 1.54) is 12.1 Å². The van der Waals surface area contributed by atoms with E-state index in [9.17, 15) is 0 Å². The first-order valence-corrected chi connectivity index (χ1v) is 6.48. The largest absolute Gasteiger partial charge is 0.377 e. The van der Waals surface area contributed by atoms with Gasteiger partial charge in [0.2, 0.25) is 0 Å². The summed E-state index contributed by atoms with van der Waals surface area (Å²) in [5.41, 5.74) is 1.55. The van der Waals surface area contributed by atoms with Crippen LogP contribution in [-0.2, 0) is 16.7 Å². The normalized spacial score (nSPS) is 26.3. The van der Waals surface area contributed by atoms with Crippen molar-refractivity contribution in [2.75, 3.05) is 19.7 Å². The molecule has 0 aromatic carbocycles. The van der Waals surface area contributed by atoms with Gasteiger partial charge in [0.1, 0.15) is 0 Å². The van der Waals surface area contributed by atoms with E-state index in [1.807, 2.05) is 19.4 Å². The summed E-state index contributed by atoms with van der Waals surface area (Å²) in [7, 11) is 0. The van der Waals surface area contributed by atoms with Gasteiger partial charge in [0, 0.05) is 37.0 Å². The Morgan fingerprint density at radius 2 is 2.47 bits per heavy atom. The molecule has 2 atom stereocenters. The second-order valence-corrected chi connectivity index (χ2v) is 5.18. The molecule has 2 heterocycles. The van der Waals surface area contributed by atoms with E-state index in [1.54, 1.807) is 0 Å². The zero-order chi connectivity index (χ0) is 12.3. The van der Waals surface area contributed by atoms with Crippen molar-refractivity contribution < 1.29 is 4.74 Å². The summed E-state index contributed by atoms with van der Waals surface area (Å²) >= 11 is 0. The lowest BCUT2D eigenvalue weighted by Gasteiger charge is -2.25. The van der Waals surface area contributed by atoms with Crippen LogP contribution in [-0.4, -0.2) is 35.4 Å². The van der Waals surface area contributed by atoms with E-state index < -0.39 is 0 Å². The molecule has 96 valence electrons. The number of ether oxygens (including phenoxy) is 1. The van der Waals surface area contributed by atoms with Gasteiger partial charge in [-0.15, -0.1) is 0 Å². The highest BCUT2D eigenvalue weighted by Crippen LogP contribution is 2.29. The van der Waals surface area contributed by atoms with Crippen molar-refractivity contribution in [2.24, 2.45) is 0 Å². The van der Waals surface area contributed by atoms with Crippen LogP contribution >= 0.6 is 0 Å². The van der Waals surface area contributed by atoms with E-state index in [2.05, 4.69) is 28.7 Å². The zero-order valence-corrected chi connectivity index (χ0v) is 11.1. The summed E-state index contributed by atoms with van der Waals surface area (Å²) in [4.78, 5) is 4.30. The van der Waals surface area contributed by atoms with Crippen molar-refractivity contribution in [3.63, 3.8) is 0 Å². The molecule has 1 fully saturated rings. The molecule has 0 spiro atoms. The molecule has 4 heteroatoms. The Hall–Kier alpha value is -0.870. The van der Waals surface area contributed by atoms with Gasteiger partial charge in [-0.05, 0) is 26.8 Å². The predicted octanol–water partition coefficient (Wildman–Crippen LogP) is 1.56. The fourth-order valence-electron chi connectivity index (χ4n) is 2.62. The van der Waals surface area contributed by atoms with Gasteiger partial charge in [0.15, 0.2) is 0 Å². The molecule has 0 amide bonds. The maximum atomic E-state index is 5.60. The van der Waals surface area contributed by atoms with Crippen LogP contribution in [0.25, 0.3) is 0 Å². The summed E-state index contributed by atoms with van der Waals surface area (Å²) in [5.74, 6) is 0. The molecule has 1 saturated heterocycles. The van der Waals surface area contributed by atoms with Gasteiger partial charge in [-0.3, -0.25) is 0 Å². The maximum Gasteiger partial charge on any atom is 0.0949 e. The molecule has 0 radical (unpaired) electrons. The molecular weight excluding hydrogens is 214 g/mol. The summed E-state index contributed by atoms with van der Waals surface area (Å²) in [5, 5.41) is 3.43. The van der Waals surface area contributed by atoms with Crippen molar-refractivity contribution in [3.05, 3.63) is 18.2 Å². The van der Waals surface area contributed by atoms with Crippen molar-refractivity contribution in [2.45, 2.75) is 45.3 Å². The van der Waals surface area contributed by atoms with Crippen LogP contribution in [0.4, 0.5) is 0 Å². The Bertz CT molecular complexity index is 355. The second-order valence-electron chi connectivity index (χ2n) is 5.18. The quantitative estimate of drug-likeness (QED) is 0.844. The number of nitrogens with zero attached hydrogens (tertiary/aromatic N) is 2. The van der Waals surface area contributed by atoms with Crippen molar-refractivity contribution >= 4 is 0 Å². The number of nitrogens with one attached hydrogen (secondary N) is 1. The molecule has 0 saturated carbocycles. The van der Waals surface area contributed by atoms with E-state index in [4.69, 9.17) is 4.74 Å². The van der Waals surface area contributed by atoms with Crippen LogP contribution in [0.3, 0.4) is 0 Å². The lowest BCUT2D eigenvalue weighted by Crippen LogP contribution is -2.29. The molecular formula is C13H23N3O. The van der Waals surface area contributed by atoms with Crippen LogP contribution in [0.2, 0.25) is 0 Å². The van der Waals surface area contributed by atoms with Gasteiger partial charge in [-0.1, -0.05) is 6.92 Å². The topological polar surface area (TPSA) is 39.1 Å². The fourth-order valence-corrected chi connectivity index (χ4v) is 2.62. The summed E-state index contributed by atoms with van der Waals surface area (Å²) in [6.45, 7) is 10.3. The molecule has 17 heavy (non-hydrogen) atoms. The average molecular weight is 237 g/mol. The fraction of sp³-hybridized carbons (Fsp3) is 0.769. The van der Waals surface area contributed by atoms with Crippen molar-refractivity contribution in [3.8, 4) is 0 Å². The third-order valence-electron chi connectivity index (χ3n) is 3.60. The number of rotatable bonds is 5. The zero-order valence-electron chi connectivity index (χ0n) is 11.1. The van der Waals surface area contributed by atoms with Crippen molar-refractivity contribution in [1.29, 1.82) is 0 Å². The standard InChI is InChI=1S/C13H23N3O/c1-4-17-11(2)8-16-10-15-7-12(16)13(3)5-6-14-9-13/h7,10-11,14H,4-6,8-9H2,1-3H3. The minimum Gasteiger partial charge on any atom is -0.377 e. The molecule has 1 aromatic heterocycles. The monoisotopic (exact) mass is 237 g/mol. The first-order chi connectivity index (χ1) is 8.15. The van der Waals surface area contributed by atoms with E-state index in [0.29, 0.717) is 0 Å². The number of hydrogen-bond donors (Lipinski definition) is 1. The molecule has 0 bridgehead atoms. The van der Waals surface area contributed by atoms with Crippen molar-refractivity contribution in [1.82, 2.24) is 14.9 Å². The van der Waals surface area contributed by atoms with Gasteiger partial charge in [0.25, 0.3) is 0 Å². The van der Waals surface area contributed by atoms with Gasteiger partial charge in [-0.25, -0.2) is 4.98 Å². The highest BCUT2D eigenvalue weighted by molar-refractivity contribution is 5.17. The van der Waals surface area contributed by atoms with Gasteiger partial charge in [0.05, 0.1) is 12.4 Å². The smallest absolute Gasteiger partial charge is 0.0949 e. The molecule has 1 aliphatic rings. The Morgan fingerprint density at radius 3 is 3.12 bits per heavy atom. The Kier molecular flexibility index (Phi) is 3.84. The number of aromatic nitrogens is 2. The molecule has 2 unspecified atom stereocenters. The molecule has 4 nitrogen and oxygen atoms in total. The molecule has 1 aromatic rings. The lowest BCUT2D eigenvalue weighted by atomic mass is 9.86. The van der Waals surface area contributed by atoms with Crippen LogP contribution in [0.15, 0.2) is 12.5 Å². The Morgan fingerprint density at radius 1 is 1.65 bits per heavy atom. The minimum absolute atomic E-state index is 0.225. The Labute approximate surface area is 103 Å². The molecule has 1 aliphatic heterocycles. The van der Waals surface area contributed by atoms with Crippen LogP contribution in [0.5, 0.6) is 0 Å². The summed E-state index contributed by atoms with van der Waals surface area (Å²) in [6, 6.07) is 0. The van der Waals surface area contributed by atoms with Gasteiger partial charge in [-0.2, -0.15) is 0 Å². The highest BCUT2D eigenvalue weighted by atomic mass is 16.5. The number of imidazole rings is 1. The summed E-state index contributed by atoms with van der Waals surface area (Å²) < 4.78 is 7.84. The first-order valence-electron chi connectivity index (χ1n) is 6.48. The third kappa shape index (κ3) is 2.69. The predicted molar refractivity (Wildman–Crippen MR) is 68.2 cm³/mol. The lowest BCUT2D eigenvalue weighted by molar-refractivity contribution is 0.0629. The van der Waals surface area contributed by atoms with E-state index in [-0.39, 0.29) is 11.5 Å². The SMILES string of the molecule is CCOC(C)Cn1cncc1C1(C)CCNC1. The third-order valence-corrected chi connectivity index (χ3v) is 3.60. The molecule has 2 rings (SSSR count). The molecule has 1 N–H and O–H groups in total. The highest BCUT2D eigenvalue weighted by Gasteiger charge is 2.33.